The van der Waals surface area contributed by atoms with E-state index in [1.54, 1.807) is 11.8 Å². The normalized spacial score (nSPS) is 13.8. The number of carbonyl (C=O) groups is 1. The van der Waals surface area contributed by atoms with Crippen LogP contribution in [-0.4, -0.2) is 24.5 Å². The van der Waals surface area contributed by atoms with Crippen LogP contribution in [-0.2, 0) is 11.2 Å². The molecule has 94 valence electrons. The van der Waals surface area contributed by atoms with Gasteiger partial charge in [0.25, 0.3) is 0 Å². The molecule has 2 N–H and O–H groups in total. The molecule has 17 heavy (non-hydrogen) atoms. The molecule has 0 fully saturated rings. The van der Waals surface area contributed by atoms with Crippen molar-refractivity contribution in [2.45, 2.75) is 12.8 Å². The molecule has 2 rings (SSSR count). The van der Waals surface area contributed by atoms with Gasteiger partial charge in [-0.3, -0.25) is 4.79 Å². The van der Waals surface area contributed by atoms with E-state index in [1.165, 1.54) is 0 Å². The number of fused-ring (bicyclic) bond motifs is 1. The molecule has 1 heterocycles. The van der Waals surface area contributed by atoms with Crippen LogP contribution in [0.3, 0.4) is 0 Å². The first kappa shape index (κ1) is 14.2. The molecule has 0 saturated carbocycles. The molecule has 1 aromatic rings. The number of rotatable bonds is 2. The first-order chi connectivity index (χ1) is 7.74. The summed E-state index contributed by atoms with van der Waals surface area (Å²) in [6, 6.07) is 5.81. The monoisotopic (exact) mass is 272 g/mol. The lowest BCUT2D eigenvalue weighted by atomic mass is 10.00. The van der Waals surface area contributed by atoms with Gasteiger partial charge in [0.2, 0.25) is 5.91 Å². The molecule has 0 radical (unpaired) electrons. The number of carbonyl (C=O) groups excluding carboxylic acids is 1. The fourth-order valence-corrected chi connectivity index (χ4v) is 2.51. The van der Waals surface area contributed by atoms with Crippen molar-refractivity contribution in [3.63, 3.8) is 0 Å². The predicted molar refractivity (Wildman–Crippen MR) is 77.2 cm³/mol. The van der Waals surface area contributed by atoms with Crippen molar-refractivity contribution < 1.29 is 4.79 Å². The van der Waals surface area contributed by atoms with E-state index in [1.807, 2.05) is 29.4 Å². The molecule has 1 aliphatic rings. The zero-order valence-corrected chi connectivity index (χ0v) is 11.4. The number of nitrogen functional groups attached to an aromatic ring is 1. The van der Waals surface area contributed by atoms with Gasteiger partial charge in [0.1, 0.15) is 0 Å². The van der Waals surface area contributed by atoms with Crippen LogP contribution in [0.4, 0.5) is 11.4 Å². The van der Waals surface area contributed by atoms with Gasteiger partial charge in [-0.1, -0.05) is 6.07 Å². The number of nitrogens with two attached hydrogens (primary N) is 1. The molecule has 0 atom stereocenters. The number of halogens is 1. The van der Waals surface area contributed by atoms with Gasteiger partial charge in [-0.05, 0) is 36.8 Å². The van der Waals surface area contributed by atoms with Crippen molar-refractivity contribution in [1.29, 1.82) is 0 Å². The average molecular weight is 273 g/mol. The van der Waals surface area contributed by atoms with Gasteiger partial charge < -0.3 is 10.6 Å². The minimum Gasteiger partial charge on any atom is -0.398 e. The average Bonchev–Trinajstić information content (AvgIpc) is 2.29. The molecular formula is C12H17ClN2OS. The van der Waals surface area contributed by atoms with Gasteiger partial charge >= 0.3 is 0 Å². The lowest BCUT2D eigenvalue weighted by Gasteiger charge is -2.30. The van der Waals surface area contributed by atoms with Crippen molar-refractivity contribution in [3.8, 4) is 0 Å². The van der Waals surface area contributed by atoms with Crippen LogP contribution in [0.1, 0.15) is 12.0 Å². The number of hydrogen-bond acceptors (Lipinski definition) is 3. The van der Waals surface area contributed by atoms with E-state index in [0.717, 1.165) is 36.3 Å². The lowest BCUT2D eigenvalue weighted by molar-refractivity contribution is -0.116. The quantitative estimate of drug-likeness (QED) is 0.841. The first-order valence-electron chi connectivity index (χ1n) is 5.40. The Labute approximate surface area is 112 Å². The molecule has 0 aromatic heterocycles. The summed E-state index contributed by atoms with van der Waals surface area (Å²) in [6.07, 6.45) is 3.93. The van der Waals surface area contributed by atoms with Crippen LogP contribution < -0.4 is 10.6 Å². The molecule has 0 bridgehead atoms. The molecule has 1 aromatic carbocycles. The zero-order chi connectivity index (χ0) is 11.5. The summed E-state index contributed by atoms with van der Waals surface area (Å²) >= 11 is 1.56. The second-order valence-electron chi connectivity index (χ2n) is 3.93. The van der Waals surface area contributed by atoms with E-state index in [-0.39, 0.29) is 18.3 Å². The van der Waals surface area contributed by atoms with Crippen molar-refractivity contribution in [3.05, 3.63) is 23.8 Å². The Hall–Kier alpha value is -0.870. The number of thioether (sulfide) groups is 1. The maximum absolute atomic E-state index is 11.9. The molecule has 0 aliphatic carbocycles. The standard InChI is InChI=1S/C12H16N2OS.ClH/c1-16-8-12(15)14-7-3-4-9-10(13)5-2-6-11(9)14;/h2,5-6H,3-4,7-8,13H2,1H3;1H. The summed E-state index contributed by atoms with van der Waals surface area (Å²) in [5.74, 6) is 0.716. The topological polar surface area (TPSA) is 46.3 Å². The molecule has 0 unspecified atom stereocenters. The number of nitrogens with zero attached hydrogens (tertiary/aromatic N) is 1. The molecule has 1 amide bonds. The van der Waals surface area contributed by atoms with Crippen LogP contribution in [0.15, 0.2) is 18.2 Å². The Bertz CT molecular complexity index is 411. The second-order valence-corrected chi connectivity index (χ2v) is 4.79. The summed E-state index contributed by atoms with van der Waals surface area (Å²) in [5.41, 5.74) is 8.87. The third kappa shape index (κ3) is 2.87. The van der Waals surface area contributed by atoms with E-state index in [9.17, 15) is 4.79 Å². The SMILES string of the molecule is CSCC(=O)N1CCCc2c(N)cccc21.Cl. The smallest absolute Gasteiger partial charge is 0.236 e. The van der Waals surface area contributed by atoms with E-state index >= 15 is 0 Å². The predicted octanol–water partition coefficient (Wildman–Crippen LogP) is 2.33. The van der Waals surface area contributed by atoms with Gasteiger partial charge in [0, 0.05) is 17.9 Å². The van der Waals surface area contributed by atoms with Crippen molar-refractivity contribution >= 4 is 41.5 Å². The molecule has 1 aliphatic heterocycles. The van der Waals surface area contributed by atoms with Gasteiger partial charge in [0.05, 0.1) is 5.75 Å². The van der Waals surface area contributed by atoms with Crippen molar-refractivity contribution in [1.82, 2.24) is 0 Å². The van der Waals surface area contributed by atoms with Gasteiger partial charge in [-0.2, -0.15) is 11.8 Å². The highest BCUT2D eigenvalue weighted by molar-refractivity contribution is 7.99. The van der Waals surface area contributed by atoms with E-state index < -0.39 is 0 Å². The Balaban J connectivity index is 0.00000144. The van der Waals surface area contributed by atoms with Crippen LogP contribution in [0, 0.1) is 0 Å². The maximum Gasteiger partial charge on any atom is 0.236 e. The third-order valence-corrected chi connectivity index (χ3v) is 3.39. The number of benzene rings is 1. The van der Waals surface area contributed by atoms with E-state index in [0.29, 0.717) is 5.75 Å². The van der Waals surface area contributed by atoms with E-state index in [2.05, 4.69) is 0 Å². The second kappa shape index (κ2) is 6.17. The van der Waals surface area contributed by atoms with Gasteiger partial charge in [-0.25, -0.2) is 0 Å². The Morgan fingerprint density at radius 1 is 1.53 bits per heavy atom. The Kier molecular flexibility index (Phi) is 5.15. The number of hydrogen-bond donors (Lipinski definition) is 1. The molecule has 5 heteroatoms. The molecule has 0 saturated heterocycles. The van der Waals surface area contributed by atoms with Gasteiger partial charge in [0.15, 0.2) is 0 Å². The fraction of sp³-hybridized carbons (Fsp3) is 0.417. The highest BCUT2D eigenvalue weighted by Crippen LogP contribution is 2.31. The van der Waals surface area contributed by atoms with Crippen LogP contribution in [0.2, 0.25) is 0 Å². The molecule has 0 spiro atoms. The zero-order valence-electron chi connectivity index (χ0n) is 9.81. The summed E-state index contributed by atoms with van der Waals surface area (Å²) in [5, 5.41) is 0. The minimum atomic E-state index is 0. The Morgan fingerprint density at radius 3 is 3.00 bits per heavy atom. The largest absolute Gasteiger partial charge is 0.398 e. The summed E-state index contributed by atoms with van der Waals surface area (Å²) in [4.78, 5) is 13.8. The highest BCUT2D eigenvalue weighted by Gasteiger charge is 2.22. The summed E-state index contributed by atoms with van der Waals surface area (Å²) in [7, 11) is 0. The van der Waals surface area contributed by atoms with Crippen molar-refractivity contribution in [2.75, 3.05) is 29.2 Å². The van der Waals surface area contributed by atoms with Crippen LogP contribution in [0.5, 0.6) is 0 Å². The number of anilines is 2. The first-order valence-corrected chi connectivity index (χ1v) is 6.80. The lowest BCUT2D eigenvalue weighted by Crippen LogP contribution is -2.36. The Morgan fingerprint density at radius 2 is 2.29 bits per heavy atom. The van der Waals surface area contributed by atoms with Crippen LogP contribution >= 0.6 is 24.2 Å². The highest BCUT2D eigenvalue weighted by atomic mass is 35.5. The van der Waals surface area contributed by atoms with Gasteiger partial charge in [-0.15, -0.1) is 12.4 Å². The summed E-state index contributed by atoms with van der Waals surface area (Å²) < 4.78 is 0. The molecular weight excluding hydrogens is 256 g/mol. The van der Waals surface area contributed by atoms with Crippen molar-refractivity contribution in [2.24, 2.45) is 0 Å². The maximum atomic E-state index is 11.9. The minimum absolute atomic E-state index is 0. The van der Waals surface area contributed by atoms with Crippen LogP contribution in [0.25, 0.3) is 0 Å². The molecule has 3 nitrogen and oxygen atoms in total. The van der Waals surface area contributed by atoms with E-state index in [4.69, 9.17) is 5.73 Å². The third-order valence-electron chi connectivity index (χ3n) is 2.86. The number of amides is 1. The summed E-state index contributed by atoms with van der Waals surface area (Å²) in [6.45, 7) is 0.815. The fourth-order valence-electron chi connectivity index (χ4n) is 2.11.